The van der Waals surface area contributed by atoms with E-state index in [4.69, 9.17) is 9.47 Å². The Hall–Kier alpha value is -3.70. The van der Waals surface area contributed by atoms with Gasteiger partial charge < -0.3 is 24.7 Å². The number of carbonyl (C=O) groups is 1. The SMILES string of the molecule is COc1ccc([C@@H]2C[C@H](C(F)(F)F)n3nc(C(=O)NCCCn4ccnc4)cc3N2)cc1OC. The van der Waals surface area contributed by atoms with Gasteiger partial charge in [-0.1, -0.05) is 6.07 Å². The van der Waals surface area contributed by atoms with E-state index in [2.05, 4.69) is 20.7 Å². The Kier molecular flexibility index (Phi) is 6.66. The topological polar surface area (TPSA) is 95.2 Å². The van der Waals surface area contributed by atoms with Crippen molar-refractivity contribution >= 4 is 11.7 Å². The standard InChI is InChI=1S/C22H25F3N6O3/c1-33-17-5-4-14(10-18(17)34-2)15-11-19(22(23,24)25)31-20(28-15)12-16(29-31)21(32)27-6-3-8-30-9-7-26-13-30/h4-5,7,9-10,12-13,15,19,28H,3,6,8,11H2,1-2H3,(H,27,32)/t15-,19+/m0/s1. The van der Waals surface area contributed by atoms with E-state index >= 15 is 0 Å². The van der Waals surface area contributed by atoms with Gasteiger partial charge in [-0.25, -0.2) is 9.67 Å². The third-order valence-corrected chi connectivity index (χ3v) is 5.67. The molecule has 4 rings (SSSR count). The lowest BCUT2D eigenvalue weighted by atomic mass is 9.96. The van der Waals surface area contributed by atoms with E-state index in [9.17, 15) is 18.0 Å². The Morgan fingerprint density at radius 1 is 1.24 bits per heavy atom. The first kappa shape index (κ1) is 23.5. The minimum absolute atomic E-state index is 0.0765. The summed E-state index contributed by atoms with van der Waals surface area (Å²) in [7, 11) is 2.95. The first-order valence-electron chi connectivity index (χ1n) is 10.7. The highest BCUT2D eigenvalue weighted by Crippen LogP contribution is 2.44. The van der Waals surface area contributed by atoms with Crippen LogP contribution in [-0.4, -0.2) is 52.2 Å². The van der Waals surface area contributed by atoms with Gasteiger partial charge in [-0.15, -0.1) is 0 Å². The molecule has 9 nitrogen and oxygen atoms in total. The summed E-state index contributed by atoms with van der Waals surface area (Å²) >= 11 is 0. The number of halogens is 3. The molecule has 0 unspecified atom stereocenters. The monoisotopic (exact) mass is 478 g/mol. The number of benzene rings is 1. The number of hydrogen-bond donors (Lipinski definition) is 2. The number of anilines is 1. The summed E-state index contributed by atoms with van der Waals surface area (Å²) in [5.74, 6) is 0.488. The molecule has 2 atom stereocenters. The van der Waals surface area contributed by atoms with Crippen molar-refractivity contribution in [3.63, 3.8) is 0 Å². The van der Waals surface area contributed by atoms with Crippen LogP contribution in [0, 0.1) is 0 Å². The molecule has 0 saturated heterocycles. The van der Waals surface area contributed by atoms with Crippen molar-refractivity contribution in [1.82, 2.24) is 24.6 Å². The van der Waals surface area contributed by atoms with Gasteiger partial charge in [0.2, 0.25) is 0 Å². The molecule has 2 N–H and O–H groups in total. The van der Waals surface area contributed by atoms with Gasteiger partial charge in [-0.2, -0.15) is 18.3 Å². The van der Waals surface area contributed by atoms with Gasteiger partial charge in [0, 0.05) is 38.0 Å². The molecule has 1 amide bonds. The summed E-state index contributed by atoms with van der Waals surface area (Å²) in [4.78, 5) is 16.5. The zero-order valence-electron chi connectivity index (χ0n) is 18.7. The third-order valence-electron chi connectivity index (χ3n) is 5.67. The van der Waals surface area contributed by atoms with E-state index in [-0.39, 0.29) is 17.9 Å². The van der Waals surface area contributed by atoms with Crippen molar-refractivity contribution in [3.05, 3.63) is 54.2 Å². The van der Waals surface area contributed by atoms with Crippen LogP contribution in [0.15, 0.2) is 43.0 Å². The van der Waals surface area contributed by atoms with Crippen molar-refractivity contribution in [2.75, 3.05) is 26.1 Å². The highest BCUT2D eigenvalue weighted by atomic mass is 19.4. The highest BCUT2D eigenvalue weighted by Gasteiger charge is 2.47. The molecular weight excluding hydrogens is 453 g/mol. The lowest BCUT2D eigenvalue weighted by Gasteiger charge is -2.33. The summed E-state index contributed by atoms with van der Waals surface area (Å²) < 4.78 is 55.0. The number of carbonyl (C=O) groups excluding carboxylic acids is 1. The number of aromatic nitrogens is 4. The van der Waals surface area contributed by atoms with Crippen LogP contribution in [0.2, 0.25) is 0 Å². The molecule has 2 aromatic heterocycles. The third kappa shape index (κ3) is 4.95. The van der Waals surface area contributed by atoms with Crippen LogP contribution in [0.5, 0.6) is 11.5 Å². The number of amides is 1. The van der Waals surface area contributed by atoms with Gasteiger partial charge >= 0.3 is 6.18 Å². The predicted octanol–water partition coefficient (Wildman–Crippen LogP) is 3.58. The molecule has 3 aromatic rings. The predicted molar refractivity (Wildman–Crippen MR) is 117 cm³/mol. The summed E-state index contributed by atoms with van der Waals surface area (Å²) in [6, 6.07) is 3.77. The zero-order valence-corrected chi connectivity index (χ0v) is 18.7. The molecule has 3 heterocycles. The number of aryl methyl sites for hydroxylation is 1. The average molecular weight is 478 g/mol. The number of alkyl halides is 3. The normalized spacial score (nSPS) is 17.6. The van der Waals surface area contributed by atoms with Crippen LogP contribution in [0.3, 0.4) is 0 Å². The lowest BCUT2D eigenvalue weighted by Crippen LogP contribution is -2.35. The van der Waals surface area contributed by atoms with Crippen molar-refractivity contribution in [3.8, 4) is 11.5 Å². The number of fused-ring (bicyclic) bond motifs is 1. The van der Waals surface area contributed by atoms with Crippen LogP contribution < -0.4 is 20.1 Å². The van der Waals surface area contributed by atoms with Gasteiger partial charge in [0.15, 0.2) is 23.2 Å². The number of imidazole rings is 1. The van der Waals surface area contributed by atoms with Crippen LogP contribution in [0.1, 0.15) is 41.0 Å². The first-order valence-corrected chi connectivity index (χ1v) is 10.7. The maximum atomic E-state index is 13.9. The molecule has 0 bridgehead atoms. The summed E-state index contributed by atoms with van der Waals surface area (Å²) in [6.07, 6.45) is 0.940. The second-order valence-electron chi connectivity index (χ2n) is 7.87. The summed E-state index contributed by atoms with van der Waals surface area (Å²) in [6.45, 7) is 1.01. The van der Waals surface area contributed by atoms with Crippen molar-refractivity contribution < 1.29 is 27.4 Å². The maximum Gasteiger partial charge on any atom is 0.410 e. The number of rotatable bonds is 8. The molecule has 1 aromatic carbocycles. The van der Waals surface area contributed by atoms with Crippen molar-refractivity contribution in [2.45, 2.75) is 37.6 Å². The van der Waals surface area contributed by atoms with E-state index in [0.717, 1.165) is 4.68 Å². The molecule has 0 fully saturated rings. The molecular formula is C22H25F3N6O3. The summed E-state index contributed by atoms with van der Waals surface area (Å²) in [5.41, 5.74) is 0.525. The fraction of sp³-hybridized carbons (Fsp3) is 0.409. The fourth-order valence-electron chi connectivity index (χ4n) is 3.95. The van der Waals surface area contributed by atoms with Crippen LogP contribution in [0.25, 0.3) is 0 Å². The number of methoxy groups -OCH3 is 2. The number of nitrogens with one attached hydrogen (secondary N) is 2. The molecule has 0 saturated carbocycles. The van der Waals surface area contributed by atoms with E-state index < -0.39 is 24.2 Å². The lowest BCUT2D eigenvalue weighted by molar-refractivity contribution is -0.173. The molecule has 0 aliphatic carbocycles. The molecule has 12 heteroatoms. The second kappa shape index (κ2) is 9.65. The maximum absolute atomic E-state index is 13.9. The molecule has 34 heavy (non-hydrogen) atoms. The minimum atomic E-state index is -4.55. The molecule has 1 aliphatic rings. The van der Waals surface area contributed by atoms with Crippen LogP contribution >= 0.6 is 0 Å². The van der Waals surface area contributed by atoms with Gasteiger partial charge in [0.25, 0.3) is 5.91 Å². The fourth-order valence-corrected chi connectivity index (χ4v) is 3.95. The molecule has 182 valence electrons. The minimum Gasteiger partial charge on any atom is -0.493 e. The van der Waals surface area contributed by atoms with E-state index in [1.54, 1.807) is 30.7 Å². The first-order chi connectivity index (χ1) is 16.3. The Balaban J connectivity index is 1.51. The Labute approximate surface area is 193 Å². The van der Waals surface area contributed by atoms with Gasteiger partial charge in [0.05, 0.1) is 26.6 Å². The van der Waals surface area contributed by atoms with Gasteiger partial charge in [-0.3, -0.25) is 4.79 Å². The molecule has 0 radical (unpaired) electrons. The van der Waals surface area contributed by atoms with E-state index in [1.807, 2.05) is 10.8 Å². The number of ether oxygens (including phenoxy) is 2. The van der Waals surface area contributed by atoms with E-state index in [0.29, 0.717) is 36.6 Å². The smallest absolute Gasteiger partial charge is 0.410 e. The highest BCUT2D eigenvalue weighted by molar-refractivity contribution is 5.93. The van der Waals surface area contributed by atoms with Crippen molar-refractivity contribution in [2.24, 2.45) is 0 Å². The largest absolute Gasteiger partial charge is 0.493 e. The molecule has 0 spiro atoms. The zero-order chi connectivity index (χ0) is 24.3. The van der Waals surface area contributed by atoms with Gasteiger partial charge in [-0.05, 0) is 24.1 Å². The average Bonchev–Trinajstić information content (AvgIpc) is 3.49. The van der Waals surface area contributed by atoms with Gasteiger partial charge in [0.1, 0.15) is 5.82 Å². The number of nitrogens with zero attached hydrogens (tertiary/aromatic N) is 4. The Bertz CT molecular complexity index is 1130. The van der Waals surface area contributed by atoms with Crippen molar-refractivity contribution in [1.29, 1.82) is 0 Å². The quantitative estimate of drug-likeness (QED) is 0.481. The van der Waals surface area contributed by atoms with Crippen LogP contribution in [-0.2, 0) is 6.54 Å². The van der Waals surface area contributed by atoms with Crippen LogP contribution in [0.4, 0.5) is 19.0 Å². The second-order valence-corrected chi connectivity index (χ2v) is 7.87. The Morgan fingerprint density at radius 3 is 2.71 bits per heavy atom. The molecule has 1 aliphatic heterocycles. The Morgan fingerprint density at radius 2 is 2.03 bits per heavy atom. The summed E-state index contributed by atoms with van der Waals surface area (Å²) in [5, 5.41) is 9.76. The number of hydrogen-bond acceptors (Lipinski definition) is 6. The van der Waals surface area contributed by atoms with E-state index in [1.165, 1.54) is 20.3 Å².